The highest BCUT2D eigenvalue weighted by molar-refractivity contribution is 5.99. The Morgan fingerprint density at radius 3 is 2.68 bits per heavy atom. The molecule has 1 aliphatic rings. The van der Waals surface area contributed by atoms with Crippen LogP contribution in [0, 0.1) is 13.8 Å². The van der Waals surface area contributed by atoms with E-state index in [4.69, 9.17) is 0 Å². The number of hydrogen-bond donors (Lipinski definition) is 2. The van der Waals surface area contributed by atoms with E-state index < -0.39 is 0 Å². The summed E-state index contributed by atoms with van der Waals surface area (Å²) in [4.78, 5) is 26.9. The minimum absolute atomic E-state index is 0.000944. The molecule has 7 nitrogen and oxygen atoms in total. The minimum Gasteiger partial charge on any atom is -0.328 e. The summed E-state index contributed by atoms with van der Waals surface area (Å²) in [5.41, 5.74) is 3.20. The lowest BCUT2D eigenvalue weighted by molar-refractivity contribution is -0.116. The van der Waals surface area contributed by atoms with Crippen LogP contribution >= 0.6 is 0 Å². The number of para-hydroxylation sites is 1. The van der Waals surface area contributed by atoms with Crippen molar-refractivity contribution in [3.8, 4) is 0 Å². The van der Waals surface area contributed by atoms with E-state index in [1.165, 1.54) is 4.90 Å². The predicted molar refractivity (Wildman–Crippen MR) is 109 cm³/mol. The van der Waals surface area contributed by atoms with Gasteiger partial charge in [0.1, 0.15) is 12.2 Å². The quantitative estimate of drug-likeness (QED) is 0.803. The smallest absolute Gasteiger partial charge is 0.274 e. The van der Waals surface area contributed by atoms with Gasteiger partial charge in [-0.2, -0.15) is 5.10 Å². The number of amides is 2. The topological polar surface area (TPSA) is 79.3 Å². The van der Waals surface area contributed by atoms with Crippen molar-refractivity contribution in [3.05, 3.63) is 47.3 Å². The first-order valence-corrected chi connectivity index (χ1v) is 9.90. The maximum atomic E-state index is 12.8. The van der Waals surface area contributed by atoms with Gasteiger partial charge < -0.3 is 15.5 Å². The van der Waals surface area contributed by atoms with Gasteiger partial charge in [-0.05, 0) is 57.4 Å². The van der Waals surface area contributed by atoms with E-state index in [1.807, 2.05) is 49.8 Å². The number of carbonyl (C=O) groups excluding carboxylic acids is 2. The van der Waals surface area contributed by atoms with Gasteiger partial charge in [-0.15, -0.1) is 0 Å². The Morgan fingerprint density at radius 1 is 1.29 bits per heavy atom. The number of piperidine rings is 1. The number of rotatable bonds is 6. The number of likely N-dealkylation sites (N-methyl/N-ethyl adjacent to an activating group) is 1. The summed E-state index contributed by atoms with van der Waals surface area (Å²) in [5.74, 6) is -0.426. The molecule has 1 fully saturated rings. The molecule has 1 atom stereocenters. The fourth-order valence-corrected chi connectivity index (χ4v) is 3.57. The first kappa shape index (κ1) is 20.1. The first-order valence-electron chi connectivity index (χ1n) is 9.90. The van der Waals surface area contributed by atoms with Crippen LogP contribution in [0.1, 0.15) is 47.4 Å². The number of benzene rings is 1. The zero-order chi connectivity index (χ0) is 20.1. The molecule has 0 radical (unpaired) electrons. The third kappa shape index (κ3) is 4.59. The second-order valence-electron chi connectivity index (χ2n) is 7.32. The zero-order valence-corrected chi connectivity index (χ0v) is 16.9. The van der Waals surface area contributed by atoms with E-state index >= 15 is 0 Å². The van der Waals surface area contributed by atoms with Crippen molar-refractivity contribution in [3.63, 3.8) is 0 Å². The van der Waals surface area contributed by atoms with E-state index in [0.717, 1.165) is 42.7 Å². The molecule has 2 heterocycles. The highest BCUT2D eigenvalue weighted by Crippen LogP contribution is 2.19. The van der Waals surface area contributed by atoms with Gasteiger partial charge in [-0.3, -0.25) is 14.3 Å². The molecule has 2 amide bonds. The molecule has 2 aromatic rings. The third-order valence-corrected chi connectivity index (χ3v) is 5.22. The van der Waals surface area contributed by atoms with Gasteiger partial charge in [-0.25, -0.2) is 0 Å². The highest BCUT2D eigenvalue weighted by atomic mass is 16.2. The Morgan fingerprint density at radius 2 is 2.04 bits per heavy atom. The molecule has 0 bridgehead atoms. The molecular weight excluding hydrogens is 354 g/mol. The van der Waals surface area contributed by atoms with Gasteiger partial charge in [0.2, 0.25) is 5.91 Å². The Bertz CT molecular complexity index is 819. The normalized spacial score (nSPS) is 16.6. The van der Waals surface area contributed by atoms with E-state index in [1.54, 1.807) is 6.07 Å². The van der Waals surface area contributed by atoms with Crippen LogP contribution in [0.15, 0.2) is 30.5 Å². The Labute approximate surface area is 166 Å². The molecule has 1 saturated heterocycles. The second kappa shape index (κ2) is 9.01. The standard InChI is InChI=1S/C21H29N5O2/c1-4-25(14-19(27)23-20-15(2)7-5-8-16(20)3)21(28)18-10-12-26(24-18)17-9-6-11-22-13-17/h5,7-8,10,12,17,22H,4,6,9,11,13-14H2,1-3H3,(H,23,27). The summed E-state index contributed by atoms with van der Waals surface area (Å²) in [6.07, 6.45) is 4.01. The SMILES string of the molecule is CCN(CC(=O)Nc1c(C)cccc1C)C(=O)c1ccn(C2CCCNC2)n1. The van der Waals surface area contributed by atoms with E-state index in [-0.39, 0.29) is 24.4 Å². The van der Waals surface area contributed by atoms with Crippen LogP contribution in [-0.2, 0) is 4.79 Å². The summed E-state index contributed by atoms with van der Waals surface area (Å²) in [6, 6.07) is 7.89. The van der Waals surface area contributed by atoms with Crippen LogP contribution < -0.4 is 10.6 Å². The van der Waals surface area contributed by atoms with Gasteiger partial charge in [0, 0.05) is 25.0 Å². The summed E-state index contributed by atoms with van der Waals surface area (Å²) in [7, 11) is 0. The Balaban J connectivity index is 1.65. The minimum atomic E-state index is -0.221. The number of carbonyl (C=O) groups is 2. The van der Waals surface area contributed by atoms with Crippen LogP contribution in [0.4, 0.5) is 5.69 Å². The van der Waals surface area contributed by atoms with E-state index in [9.17, 15) is 9.59 Å². The fraction of sp³-hybridized carbons (Fsp3) is 0.476. The monoisotopic (exact) mass is 383 g/mol. The van der Waals surface area contributed by atoms with Crippen molar-refractivity contribution in [1.29, 1.82) is 0 Å². The maximum Gasteiger partial charge on any atom is 0.274 e. The average molecular weight is 383 g/mol. The summed E-state index contributed by atoms with van der Waals surface area (Å²) >= 11 is 0. The number of nitrogens with zero attached hydrogens (tertiary/aromatic N) is 3. The number of hydrogen-bond acceptors (Lipinski definition) is 4. The molecule has 1 aliphatic heterocycles. The molecule has 2 N–H and O–H groups in total. The maximum absolute atomic E-state index is 12.8. The predicted octanol–water partition coefficient (Wildman–Crippen LogP) is 2.53. The van der Waals surface area contributed by atoms with Crippen LogP contribution in [0.5, 0.6) is 0 Å². The lowest BCUT2D eigenvalue weighted by Crippen LogP contribution is -2.38. The third-order valence-electron chi connectivity index (χ3n) is 5.22. The van der Waals surface area contributed by atoms with E-state index in [0.29, 0.717) is 12.2 Å². The van der Waals surface area contributed by atoms with Gasteiger partial charge in [0.25, 0.3) is 5.91 Å². The van der Waals surface area contributed by atoms with Crippen molar-refractivity contribution in [1.82, 2.24) is 20.0 Å². The highest BCUT2D eigenvalue weighted by Gasteiger charge is 2.22. The van der Waals surface area contributed by atoms with Crippen LogP contribution in [0.25, 0.3) is 0 Å². The molecule has 1 unspecified atom stereocenters. The number of aromatic nitrogens is 2. The molecule has 7 heteroatoms. The van der Waals surface area contributed by atoms with E-state index in [2.05, 4.69) is 15.7 Å². The van der Waals surface area contributed by atoms with Crippen LogP contribution in [-0.4, -0.2) is 52.7 Å². The molecule has 1 aromatic heterocycles. The Hall–Kier alpha value is -2.67. The Kier molecular flexibility index (Phi) is 6.46. The molecular formula is C21H29N5O2. The van der Waals surface area contributed by atoms with Gasteiger partial charge in [-0.1, -0.05) is 18.2 Å². The summed E-state index contributed by atoms with van der Waals surface area (Å²) in [6.45, 7) is 8.12. The molecule has 0 spiro atoms. The molecule has 150 valence electrons. The average Bonchev–Trinajstić information content (AvgIpc) is 3.19. The number of nitrogens with one attached hydrogen (secondary N) is 2. The molecule has 28 heavy (non-hydrogen) atoms. The van der Waals surface area contributed by atoms with Crippen molar-refractivity contribution >= 4 is 17.5 Å². The van der Waals surface area contributed by atoms with Crippen molar-refractivity contribution < 1.29 is 9.59 Å². The lowest BCUT2D eigenvalue weighted by atomic mass is 10.1. The first-order chi connectivity index (χ1) is 13.5. The van der Waals surface area contributed by atoms with Gasteiger partial charge >= 0.3 is 0 Å². The lowest BCUT2D eigenvalue weighted by Gasteiger charge is -2.23. The molecule has 3 rings (SSSR count). The van der Waals surface area contributed by atoms with Crippen molar-refractivity contribution in [2.24, 2.45) is 0 Å². The van der Waals surface area contributed by atoms with Gasteiger partial charge in [0.15, 0.2) is 0 Å². The van der Waals surface area contributed by atoms with Gasteiger partial charge in [0.05, 0.1) is 6.04 Å². The van der Waals surface area contributed by atoms with Crippen molar-refractivity contribution in [2.75, 3.05) is 31.5 Å². The largest absolute Gasteiger partial charge is 0.328 e. The zero-order valence-electron chi connectivity index (χ0n) is 16.9. The van der Waals surface area contributed by atoms with Crippen LogP contribution in [0.3, 0.4) is 0 Å². The van der Waals surface area contributed by atoms with Crippen molar-refractivity contribution in [2.45, 2.75) is 39.7 Å². The molecule has 1 aromatic carbocycles. The number of aryl methyl sites for hydroxylation is 2. The summed E-state index contributed by atoms with van der Waals surface area (Å²) in [5, 5.41) is 10.8. The van der Waals surface area contributed by atoms with Crippen LogP contribution in [0.2, 0.25) is 0 Å². The number of anilines is 1. The molecule has 0 aliphatic carbocycles. The second-order valence-corrected chi connectivity index (χ2v) is 7.32. The summed E-state index contributed by atoms with van der Waals surface area (Å²) < 4.78 is 1.87. The fourth-order valence-electron chi connectivity index (χ4n) is 3.57. The molecule has 0 saturated carbocycles.